The lowest BCUT2D eigenvalue weighted by Gasteiger charge is -2.14. The minimum absolute atomic E-state index is 0.0221. The molecule has 160 valence electrons. The monoisotopic (exact) mass is 446 g/mol. The van der Waals surface area contributed by atoms with E-state index in [0.717, 1.165) is 16.0 Å². The van der Waals surface area contributed by atoms with Crippen LogP contribution in [0.3, 0.4) is 0 Å². The van der Waals surface area contributed by atoms with E-state index in [2.05, 4.69) is 5.32 Å². The molecule has 0 radical (unpaired) electrons. The van der Waals surface area contributed by atoms with Crippen molar-refractivity contribution in [3.8, 4) is 5.75 Å². The van der Waals surface area contributed by atoms with E-state index in [1.165, 1.54) is 0 Å². The summed E-state index contributed by atoms with van der Waals surface area (Å²) in [6.45, 7) is 3.86. The highest BCUT2D eigenvalue weighted by Crippen LogP contribution is 2.30. The largest absolute Gasteiger partial charge is 0.423 e. The Morgan fingerprint density at radius 3 is 2.12 bits per heavy atom. The summed E-state index contributed by atoms with van der Waals surface area (Å²) in [7, 11) is 0. The Balaban J connectivity index is 1.48. The normalized spacial score (nSPS) is 13.5. The minimum atomic E-state index is -0.598. The van der Waals surface area contributed by atoms with E-state index in [1.807, 2.05) is 19.9 Å². The van der Waals surface area contributed by atoms with Crippen molar-refractivity contribution >= 4 is 40.8 Å². The van der Waals surface area contributed by atoms with Gasteiger partial charge in [-0.25, -0.2) is 9.69 Å². The molecule has 7 heteroatoms. The predicted molar refractivity (Wildman–Crippen MR) is 123 cm³/mol. The molecule has 4 rings (SSSR count). The zero-order valence-electron chi connectivity index (χ0n) is 17.4. The Hall–Kier alpha value is -3.90. The van der Waals surface area contributed by atoms with E-state index in [4.69, 9.17) is 16.3 Å². The van der Waals surface area contributed by atoms with Crippen LogP contribution < -0.4 is 15.0 Å². The third kappa shape index (κ3) is 4.26. The SMILES string of the molecule is Cc1cc(C)cc(OC(=O)c2ccc(NC3=C(Cl)C(=O)N(c4ccccc4)C3=O)cc2)c1. The Morgan fingerprint density at radius 2 is 1.50 bits per heavy atom. The molecule has 0 saturated heterocycles. The molecule has 1 aliphatic rings. The number of benzene rings is 3. The van der Waals surface area contributed by atoms with E-state index >= 15 is 0 Å². The molecule has 6 nitrogen and oxygen atoms in total. The van der Waals surface area contributed by atoms with Crippen LogP contribution in [0.25, 0.3) is 0 Å². The quantitative estimate of drug-likeness (QED) is 0.340. The molecule has 3 aromatic rings. The van der Waals surface area contributed by atoms with Crippen LogP contribution >= 0.6 is 11.6 Å². The van der Waals surface area contributed by atoms with Crippen LogP contribution in [-0.2, 0) is 9.59 Å². The van der Waals surface area contributed by atoms with Gasteiger partial charge in [0.25, 0.3) is 11.8 Å². The topological polar surface area (TPSA) is 75.7 Å². The molecule has 0 aliphatic carbocycles. The number of esters is 1. The molecular formula is C25H19ClN2O4. The van der Waals surface area contributed by atoms with Crippen LogP contribution in [0, 0.1) is 13.8 Å². The number of nitrogens with zero attached hydrogens (tertiary/aromatic N) is 1. The summed E-state index contributed by atoms with van der Waals surface area (Å²) in [6, 6.07) is 20.5. The molecule has 0 bridgehead atoms. The summed E-state index contributed by atoms with van der Waals surface area (Å²) in [4.78, 5) is 38.8. The van der Waals surface area contributed by atoms with Gasteiger partial charge in [0.05, 0.1) is 11.3 Å². The number of carbonyl (C=O) groups excluding carboxylic acids is 3. The van der Waals surface area contributed by atoms with Crippen molar-refractivity contribution in [3.63, 3.8) is 0 Å². The molecule has 0 unspecified atom stereocenters. The maximum Gasteiger partial charge on any atom is 0.343 e. The van der Waals surface area contributed by atoms with Gasteiger partial charge >= 0.3 is 5.97 Å². The lowest BCUT2D eigenvalue weighted by atomic mass is 10.1. The van der Waals surface area contributed by atoms with Crippen molar-refractivity contribution in [3.05, 3.63) is 100 Å². The minimum Gasteiger partial charge on any atom is -0.423 e. The van der Waals surface area contributed by atoms with Gasteiger partial charge < -0.3 is 10.1 Å². The van der Waals surface area contributed by atoms with Gasteiger partial charge in [-0.1, -0.05) is 35.9 Å². The van der Waals surface area contributed by atoms with Gasteiger partial charge in [0.1, 0.15) is 16.5 Å². The highest BCUT2D eigenvalue weighted by molar-refractivity contribution is 6.53. The first kappa shape index (κ1) is 21.3. The molecule has 1 N–H and O–H groups in total. The predicted octanol–water partition coefficient (Wildman–Crippen LogP) is 4.96. The highest BCUT2D eigenvalue weighted by Gasteiger charge is 2.38. The molecule has 1 heterocycles. The number of carbonyl (C=O) groups is 3. The average molecular weight is 447 g/mol. The smallest absolute Gasteiger partial charge is 0.343 e. The van der Waals surface area contributed by atoms with Crippen LogP contribution in [0.2, 0.25) is 0 Å². The molecule has 0 saturated carbocycles. The number of ether oxygens (including phenoxy) is 1. The van der Waals surface area contributed by atoms with Gasteiger partial charge in [-0.3, -0.25) is 9.59 Å². The summed E-state index contributed by atoms with van der Waals surface area (Å²) in [6.07, 6.45) is 0. The maximum atomic E-state index is 12.8. The van der Waals surface area contributed by atoms with E-state index < -0.39 is 17.8 Å². The van der Waals surface area contributed by atoms with Crippen molar-refractivity contribution in [1.82, 2.24) is 0 Å². The number of nitrogens with one attached hydrogen (secondary N) is 1. The van der Waals surface area contributed by atoms with Crippen molar-refractivity contribution in [1.29, 1.82) is 0 Å². The van der Waals surface area contributed by atoms with Crippen molar-refractivity contribution in [2.24, 2.45) is 0 Å². The molecule has 2 amide bonds. The second kappa shape index (κ2) is 8.69. The van der Waals surface area contributed by atoms with Crippen molar-refractivity contribution in [2.45, 2.75) is 13.8 Å². The third-order valence-electron chi connectivity index (χ3n) is 4.84. The Labute approximate surface area is 190 Å². The molecule has 0 spiro atoms. The van der Waals surface area contributed by atoms with E-state index in [9.17, 15) is 14.4 Å². The fourth-order valence-electron chi connectivity index (χ4n) is 3.41. The molecule has 0 atom stereocenters. The van der Waals surface area contributed by atoms with E-state index in [-0.39, 0.29) is 10.7 Å². The molecule has 0 aromatic heterocycles. The second-order valence-corrected chi connectivity index (χ2v) is 7.76. The standard InChI is InChI=1S/C25H19ClN2O4/c1-15-12-16(2)14-20(13-15)32-25(31)17-8-10-18(11-9-17)27-22-21(26)23(29)28(24(22)30)19-6-4-3-5-7-19/h3-14,27H,1-2H3. The van der Waals surface area contributed by atoms with Gasteiger partial charge in [0.15, 0.2) is 0 Å². The number of para-hydroxylation sites is 1. The Bertz CT molecular complexity index is 1230. The number of halogens is 1. The van der Waals surface area contributed by atoms with E-state index in [1.54, 1.807) is 66.7 Å². The number of anilines is 2. The Kier molecular flexibility index (Phi) is 5.79. The van der Waals surface area contributed by atoms with Crippen LogP contribution in [0.4, 0.5) is 11.4 Å². The summed E-state index contributed by atoms with van der Waals surface area (Å²) < 4.78 is 5.45. The molecule has 0 fully saturated rings. The zero-order chi connectivity index (χ0) is 22.8. The van der Waals surface area contributed by atoms with Crippen LogP contribution in [0.5, 0.6) is 5.75 Å². The number of amides is 2. The van der Waals surface area contributed by atoms with Gasteiger partial charge in [0.2, 0.25) is 0 Å². The van der Waals surface area contributed by atoms with Gasteiger partial charge in [0, 0.05) is 5.69 Å². The first-order valence-electron chi connectivity index (χ1n) is 9.84. The zero-order valence-corrected chi connectivity index (χ0v) is 18.1. The summed E-state index contributed by atoms with van der Waals surface area (Å²) in [5.74, 6) is -1.17. The fourth-order valence-corrected chi connectivity index (χ4v) is 3.63. The van der Waals surface area contributed by atoms with Gasteiger partial charge in [-0.2, -0.15) is 0 Å². The third-order valence-corrected chi connectivity index (χ3v) is 5.19. The second-order valence-electron chi connectivity index (χ2n) is 7.39. The van der Waals surface area contributed by atoms with Crippen LogP contribution in [-0.4, -0.2) is 17.8 Å². The van der Waals surface area contributed by atoms with Crippen molar-refractivity contribution < 1.29 is 19.1 Å². The molecule has 32 heavy (non-hydrogen) atoms. The maximum absolute atomic E-state index is 12.8. The summed E-state index contributed by atoms with van der Waals surface area (Å²) >= 11 is 6.15. The average Bonchev–Trinajstić information content (AvgIpc) is 2.97. The van der Waals surface area contributed by atoms with Gasteiger partial charge in [-0.15, -0.1) is 0 Å². The molecular weight excluding hydrogens is 428 g/mol. The van der Waals surface area contributed by atoms with Gasteiger partial charge in [-0.05, 0) is 73.5 Å². The van der Waals surface area contributed by atoms with E-state index in [0.29, 0.717) is 22.7 Å². The first-order valence-corrected chi connectivity index (χ1v) is 10.2. The number of rotatable bonds is 5. The number of hydrogen-bond donors (Lipinski definition) is 1. The molecule has 1 aliphatic heterocycles. The fraction of sp³-hybridized carbons (Fsp3) is 0.0800. The summed E-state index contributed by atoms with van der Waals surface area (Å²) in [5.41, 5.74) is 3.25. The lowest BCUT2D eigenvalue weighted by molar-refractivity contribution is -0.120. The number of imide groups is 1. The highest BCUT2D eigenvalue weighted by atomic mass is 35.5. The molecule has 3 aromatic carbocycles. The number of aryl methyl sites for hydroxylation is 2. The Morgan fingerprint density at radius 1 is 0.875 bits per heavy atom. The summed E-state index contributed by atoms with van der Waals surface area (Å²) in [5, 5.41) is 2.69. The van der Waals surface area contributed by atoms with Crippen LogP contribution in [0.1, 0.15) is 21.5 Å². The van der Waals surface area contributed by atoms with Crippen molar-refractivity contribution in [2.75, 3.05) is 10.2 Å². The number of hydrogen-bond acceptors (Lipinski definition) is 5. The van der Waals surface area contributed by atoms with Crippen LogP contribution in [0.15, 0.2) is 83.5 Å². The lowest BCUT2D eigenvalue weighted by Crippen LogP contribution is -2.32. The first-order chi connectivity index (χ1) is 15.3.